The van der Waals surface area contributed by atoms with E-state index in [0.29, 0.717) is 23.9 Å². The molecule has 0 spiro atoms. The first-order chi connectivity index (χ1) is 23.5. The second-order valence-corrected chi connectivity index (χ2v) is 16.5. The molecule has 0 aromatic rings. The van der Waals surface area contributed by atoms with Crippen LogP contribution in [0.4, 0.5) is 0 Å². The Balaban J connectivity index is 3.75. The average Bonchev–Trinajstić information content (AvgIpc) is 3.03. The first-order valence-corrected chi connectivity index (χ1v) is 21.8. The first kappa shape index (κ1) is 48.0. The van der Waals surface area contributed by atoms with E-state index in [0.717, 1.165) is 19.3 Å². The molecule has 1 unspecified atom stereocenters. The number of carbonyl (C=O) groups excluding carboxylic acids is 2. The van der Waals surface area contributed by atoms with Gasteiger partial charge in [-0.3, -0.25) is 18.6 Å². The molecule has 0 amide bonds. The number of nitrogens with zero attached hydrogens (tertiary/aromatic N) is 1. The molecule has 1 N–H and O–H groups in total. The lowest BCUT2D eigenvalue weighted by Gasteiger charge is -2.24. The van der Waals surface area contributed by atoms with Crippen LogP contribution in [0.2, 0.25) is 0 Å². The van der Waals surface area contributed by atoms with Gasteiger partial charge in [0, 0.05) is 12.8 Å². The van der Waals surface area contributed by atoms with E-state index in [1.54, 1.807) is 0 Å². The summed E-state index contributed by atoms with van der Waals surface area (Å²) in [6, 6.07) is 0. The quantitative estimate of drug-likeness (QED) is 0.0292. The Morgan fingerprint density at radius 3 is 1.35 bits per heavy atom. The minimum atomic E-state index is -4.33. The van der Waals surface area contributed by atoms with E-state index < -0.39 is 26.5 Å². The molecule has 49 heavy (non-hydrogen) atoms. The third-order valence-corrected chi connectivity index (χ3v) is 9.84. The van der Waals surface area contributed by atoms with Crippen molar-refractivity contribution in [3.63, 3.8) is 0 Å². The van der Waals surface area contributed by atoms with Gasteiger partial charge in [-0.1, -0.05) is 162 Å². The number of carbonyl (C=O) groups is 2. The van der Waals surface area contributed by atoms with E-state index in [2.05, 4.69) is 6.92 Å². The van der Waals surface area contributed by atoms with Crippen LogP contribution in [0.25, 0.3) is 0 Å². The van der Waals surface area contributed by atoms with E-state index >= 15 is 0 Å². The molecule has 0 saturated heterocycles. The topological polar surface area (TPSA) is 108 Å². The van der Waals surface area contributed by atoms with Crippen LogP contribution in [0.15, 0.2) is 0 Å². The first-order valence-electron chi connectivity index (χ1n) is 20.3. The summed E-state index contributed by atoms with van der Waals surface area (Å²) in [7, 11) is 1.48. The number of phosphoric ester groups is 1. The van der Waals surface area contributed by atoms with Crippen LogP contribution in [-0.4, -0.2) is 74.9 Å². The van der Waals surface area contributed by atoms with Crippen molar-refractivity contribution >= 4 is 19.8 Å². The fourth-order valence-electron chi connectivity index (χ4n) is 5.70. The molecule has 0 rings (SSSR count). The number of hydrogen-bond donors (Lipinski definition) is 1. The van der Waals surface area contributed by atoms with Gasteiger partial charge in [0.15, 0.2) is 6.10 Å². The number of phosphoric acid groups is 1. The van der Waals surface area contributed by atoms with E-state index in [1.807, 2.05) is 28.1 Å². The van der Waals surface area contributed by atoms with Crippen molar-refractivity contribution in [3.05, 3.63) is 0 Å². The van der Waals surface area contributed by atoms with Gasteiger partial charge in [-0.2, -0.15) is 0 Å². The standard InChI is InChI=1S/C39H78NO8P/c1-6-8-9-10-11-12-13-14-15-16-17-18-19-20-21-22-23-24-25-26-27-28-29-30-32-38(41)45-35-37(48-39(42)31-7-2)36-47-49(43,44)46-34-33-40(3,4)5/h37H,6-36H2,1-5H3/p+1/t37-/m1/s1. The van der Waals surface area contributed by atoms with Crippen molar-refractivity contribution in [1.82, 2.24) is 0 Å². The van der Waals surface area contributed by atoms with Gasteiger partial charge in [-0.25, -0.2) is 4.57 Å². The molecule has 0 aliphatic carbocycles. The number of ether oxygens (including phenoxy) is 2. The van der Waals surface area contributed by atoms with E-state index in [9.17, 15) is 19.0 Å². The lowest BCUT2D eigenvalue weighted by molar-refractivity contribution is -0.870. The number of unbranched alkanes of at least 4 members (excludes halogenated alkanes) is 23. The summed E-state index contributed by atoms with van der Waals surface area (Å²) in [6.07, 6.45) is 32.0. The molecule has 0 aliphatic rings. The van der Waals surface area contributed by atoms with Gasteiger partial charge in [-0.15, -0.1) is 0 Å². The number of likely N-dealkylation sites (N-methyl/N-ethyl adjacent to an activating group) is 1. The zero-order valence-electron chi connectivity index (χ0n) is 32.7. The van der Waals surface area contributed by atoms with Gasteiger partial charge in [-0.05, 0) is 12.8 Å². The summed E-state index contributed by atoms with van der Waals surface area (Å²) < 4.78 is 33.5. The second kappa shape index (κ2) is 32.9. The van der Waals surface area contributed by atoms with E-state index in [1.165, 1.54) is 135 Å². The summed E-state index contributed by atoms with van der Waals surface area (Å²) in [5, 5.41) is 0. The van der Waals surface area contributed by atoms with Crippen molar-refractivity contribution in [2.45, 2.75) is 193 Å². The summed E-state index contributed by atoms with van der Waals surface area (Å²) in [5.41, 5.74) is 0. The van der Waals surface area contributed by atoms with Gasteiger partial charge in [0.25, 0.3) is 0 Å². The predicted molar refractivity (Wildman–Crippen MR) is 201 cm³/mol. The summed E-state index contributed by atoms with van der Waals surface area (Å²) in [4.78, 5) is 34.3. The molecule has 292 valence electrons. The Morgan fingerprint density at radius 1 is 0.551 bits per heavy atom. The SMILES string of the molecule is CCCCCCCCCCCCCCCCCCCCCCCCCCC(=O)OC[C@H](COP(=O)(O)OCC[N+](C)(C)C)OC(=O)CCC. The molecule has 0 heterocycles. The van der Waals surface area contributed by atoms with Gasteiger partial charge >= 0.3 is 19.8 Å². The third kappa shape index (κ3) is 36.6. The van der Waals surface area contributed by atoms with Crippen LogP contribution < -0.4 is 0 Å². The largest absolute Gasteiger partial charge is 0.472 e. The Bertz CT molecular complexity index is 819. The maximum atomic E-state index is 12.3. The molecule has 0 aliphatic heterocycles. The predicted octanol–water partition coefficient (Wildman–Crippen LogP) is 10.9. The average molecular weight is 721 g/mol. The normalized spacial score (nSPS) is 13.7. The number of quaternary nitrogens is 1. The molecule has 0 bridgehead atoms. The van der Waals surface area contributed by atoms with Crippen molar-refractivity contribution in [2.75, 3.05) is 47.5 Å². The van der Waals surface area contributed by atoms with Crippen molar-refractivity contribution in [2.24, 2.45) is 0 Å². The minimum Gasteiger partial charge on any atom is -0.462 e. The number of esters is 2. The molecule has 2 atom stereocenters. The van der Waals surface area contributed by atoms with Crippen LogP contribution in [0, 0.1) is 0 Å². The molecular weight excluding hydrogens is 641 g/mol. The Labute approximate surface area is 302 Å². The Kier molecular flexibility index (Phi) is 32.2. The highest BCUT2D eigenvalue weighted by atomic mass is 31.2. The third-order valence-electron chi connectivity index (χ3n) is 8.86. The Morgan fingerprint density at radius 2 is 0.959 bits per heavy atom. The van der Waals surface area contributed by atoms with Crippen molar-refractivity contribution in [1.29, 1.82) is 0 Å². The smallest absolute Gasteiger partial charge is 0.462 e. The molecule has 0 fully saturated rings. The Hall–Kier alpha value is -0.990. The molecule has 0 radical (unpaired) electrons. The van der Waals surface area contributed by atoms with Gasteiger partial charge in [0.2, 0.25) is 0 Å². The highest BCUT2D eigenvalue weighted by Crippen LogP contribution is 2.43. The maximum absolute atomic E-state index is 12.3. The number of rotatable bonds is 37. The van der Waals surface area contributed by atoms with Gasteiger partial charge in [0.05, 0.1) is 27.7 Å². The van der Waals surface area contributed by atoms with E-state index in [-0.39, 0.29) is 25.6 Å². The number of hydrogen-bond acceptors (Lipinski definition) is 7. The van der Waals surface area contributed by atoms with Crippen LogP contribution in [0.1, 0.15) is 187 Å². The van der Waals surface area contributed by atoms with Crippen molar-refractivity contribution in [3.8, 4) is 0 Å². The lowest BCUT2D eigenvalue weighted by Crippen LogP contribution is -2.37. The van der Waals surface area contributed by atoms with E-state index in [4.69, 9.17) is 18.5 Å². The molecular formula is C39H79NO8P+. The minimum absolute atomic E-state index is 0.0339. The van der Waals surface area contributed by atoms with Crippen LogP contribution in [-0.2, 0) is 32.7 Å². The highest BCUT2D eigenvalue weighted by Gasteiger charge is 2.27. The zero-order valence-corrected chi connectivity index (χ0v) is 33.6. The second-order valence-electron chi connectivity index (χ2n) is 15.0. The molecule has 0 saturated carbocycles. The molecule has 0 aromatic carbocycles. The molecule has 10 heteroatoms. The highest BCUT2D eigenvalue weighted by molar-refractivity contribution is 7.47. The molecule has 9 nitrogen and oxygen atoms in total. The fourth-order valence-corrected chi connectivity index (χ4v) is 6.44. The lowest BCUT2D eigenvalue weighted by atomic mass is 10.0. The van der Waals surface area contributed by atoms with Gasteiger partial charge in [0.1, 0.15) is 19.8 Å². The van der Waals surface area contributed by atoms with Crippen LogP contribution in [0.3, 0.4) is 0 Å². The molecule has 0 aromatic heterocycles. The van der Waals surface area contributed by atoms with Crippen LogP contribution in [0.5, 0.6) is 0 Å². The summed E-state index contributed by atoms with van der Waals surface area (Å²) in [6.45, 7) is 4.05. The summed E-state index contributed by atoms with van der Waals surface area (Å²) in [5.74, 6) is -0.849. The summed E-state index contributed by atoms with van der Waals surface area (Å²) >= 11 is 0. The maximum Gasteiger partial charge on any atom is 0.472 e. The fraction of sp³-hybridized carbons (Fsp3) is 0.949. The zero-order chi connectivity index (χ0) is 36.5. The van der Waals surface area contributed by atoms with Crippen molar-refractivity contribution < 1.29 is 42.1 Å². The van der Waals surface area contributed by atoms with Crippen LogP contribution >= 0.6 is 7.82 Å². The monoisotopic (exact) mass is 721 g/mol. The van der Waals surface area contributed by atoms with Gasteiger partial charge < -0.3 is 18.9 Å².